The zero-order valence-electron chi connectivity index (χ0n) is 10.5. The normalized spacial score (nSPS) is 27.0. The minimum Gasteiger partial charge on any atom is -0.314 e. The Morgan fingerprint density at radius 1 is 1.17 bits per heavy atom. The Labute approximate surface area is 116 Å². The molecule has 18 heavy (non-hydrogen) atoms. The summed E-state index contributed by atoms with van der Waals surface area (Å²) in [6, 6.07) is 6.23. The van der Waals surface area contributed by atoms with E-state index in [1.54, 1.807) is 6.07 Å². The molecule has 0 aliphatic heterocycles. The van der Waals surface area contributed by atoms with E-state index >= 15 is 0 Å². The maximum Gasteiger partial charge on any atom is 0.137 e. The molecule has 0 saturated heterocycles. The first-order valence-corrected chi connectivity index (χ1v) is 7.69. The molecule has 0 bridgehead atoms. The molecule has 3 heteroatoms. The highest BCUT2D eigenvalue weighted by atomic mass is 79.9. The molecule has 0 heterocycles. The summed E-state index contributed by atoms with van der Waals surface area (Å²) in [5.41, 5.74) is 1.25. The van der Waals surface area contributed by atoms with Gasteiger partial charge in [0.25, 0.3) is 0 Å². The lowest BCUT2D eigenvalue weighted by Gasteiger charge is -2.37. The monoisotopic (exact) mass is 311 g/mol. The highest BCUT2D eigenvalue weighted by Gasteiger charge is 2.32. The van der Waals surface area contributed by atoms with E-state index in [9.17, 15) is 4.39 Å². The second kappa shape index (κ2) is 5.30. The van der Waals surface area contributed by atoms with Gasteiger partial charge in [-0.15, -0.1) is 0 Å². The van der Waals surface area contributed by atoms with E-state index in [1.807, 2.05) is 12.1 Å². The molecule has 1 N–H and O–H groups in total. The van der Waals surface area contributed by atoms with Crippen molar-refractivity contribution in [2.24, 2.45) is 11.8 Å². The topological polar surface area (TPSA) is 12.0 Å². The summed E-state index contributed by atoms with van der Waals surface area (Å²) in [6.45, 7) is 1.18. The van der Waals surface area contributed by atoms with Crippen LogP contribution in [0.25, 0.3) is 0 Å². The van der Waals surface area contributed by atoms with E-state index in [0.29, 0.717) is 4.47 Å². The molecule has 0 amide bonds. The molecule has 2 atom stereocenters. The van der Waals surface area contributed by atoms with Crippen LogP contribution in [0.15, 0.2) is 22.7 Å². The SMILES string of the molecule is Fc1ccc(CC2CCC2CNC2CC2)cc1Br. The molecule has 0 spiro atoms. The Kier molecular flexibility index (Phi) is 3.71. The van der Waals surface area contributed by atoms with Crippen molar-refractivity contribution in [3.05, 3.63) is 34.1 Å². The summed E-state index contributed by atoms with van der Waals surface area (Å²) in [5, 5.41) is 3.63. The summed E-state index contributed by atoms with van der Waals surface area (Å²) in [7, 11) is 0. The zero-order valence-corrected chi connectivity index (χ0v) is 12.0. The highest BCUT2D eigenvalue weighted by molar-refractivity contribution is 9.10. The summed E-state index contributed by atoms with van der Waals surface area (Å²) >= 11 is 3.26. The van der Waals surface area contributed by atoms with Crippen LogP contribution in [0.4, 0.5) is 4.39 Å². The van der Waals surface area contributed by atoms with E-state index in [1.165, 1.54) is 37.8 Å². The molecule has 3 rings (SSSR count). The molecule has 2 unspecified atom stereocenters. The van der Waals surface area contributed by atoms with Gasteiger partial charge in [0.2, 0.25) is 0 Å². The summed E-state index contributed by atoms with van der Waals surface area (Å²) < 4.78 is 13.8. The summed E-state index contributed by atoms with van der Waals surface area (Å²) in [6.07, 6.45) is 6.50. The highest BCUT2D eigenvalue weighted by Crippen LogP contribution is 2.37. The van der Waals surface area contributed by atoms with Crippen molar-refractivity contribution in [1.82, 2.24) is 5.32 Å². The van der Waals surface area contributed by atoms with Gasteiger partial charge in [0, 0.05) is 6.04 Å². The lowest BCUT2D eigenvalue weighted by Crippen LogP contribution is -2.37. The van der Waals surface area contributed by atoms with E-state index in [2.05, 4.69) is 21.2 Å². The molecule has 2 fully saturated rings. The Bertz CT molecular complexity index is 431. The second-order valence-corrected chi connectivity index (χ2v) is 6.59. The molecular weight excluding hydrogens is 293 g/mol. The van der Waals surface area contributed by atoms with Crippen LogP contribution < -0.4 is 5.32 Å². The molecule has 1 aromatic carbocycles. The standard InChI is InChI=1S/C15H19BrFN/c16-14-8-10(1-6-15(14)17)7-11-2-3-12(11)9-18-13-4-5-13/h1,6,8,11-13,18H,2-5,7,9H2. The van der Waals surface area contributed by atoms with Crippen molar-refractivity contribution in [1.29, 1.82) is 0 Å². The molecular formula is C15H19BrFN. The molecule has 2 saturated carbocycles. The largest absolute Gasteiger partial charge is 0.314 e. The average molecular weight is 312 g/mol. The van der Waals surface area contributed by atoms with Crippen LogP contribution in [0.2, 0.25) is 0 Å². The Morgan fingerprint density at radius 3 is 2.56 bits per heavy atom. The average Bonchev–Trinajstić information content (AvgIpc) is 3.13. The van der Waals surface area contributed by atoms with Crippen LogP contribution in [-0.4, -0.2) is 12.6 Å². The molecule has 98 valence electrons. The third-order valence-electron chi connectivity index (χ3n) is 4.30. The van der Waals surface area contributed by atoms with Gasteiger partial charge in [0.15, 0.2) is 0 Å². The Hall–Kier alpha value is -0.410. The van der Waals surface area contributed by atoms with Gasteiger partial charge in [-0.2, -0.15) is 0 Å². The fourth-order valence-corrected chi connectivity index (χ4v) is 3.18. The van der Waals surface area contributed by atoms with Gasteiger partial charge in [-0.3, -0.25) is 0 Å². The third-order valence-corrected chi connectivity index (χ3v) is 4.91. The zero-order chi connectivity index (χ0) is 12.5. The van der Waals surface area contributed by atoms with Crippen molar-refractivity contribution in [2.75, 3.05) is 6.54 Å². The van der Waals surface area contributed by atoms with E-state index < -0.39 is 0 Å². The van der Waals surface area contributed by atoms with Gasteiger partial charge >= 0.3 is 0 Å². The molecule has 0 aromatic heterocycles. The number of nitrogens with one attached hydrogen (secondary N) is 1. The Morgan fingerprint density at radius 2 is 1.94 bits per heavy atom. The van der Waals surface area contributed by atoms with Crippen LogP contribution in [0, 0.1) is 17.7 Å². The van der Waals surface area contributed by atoms with Gasteiger partial charge in [0.05, 0.1) is 4.47 Å². The predicted molar refractivity (Wildman–Crippen MR) is 75.0 cm³/mol. The van der Waals surface area contributed by atoms with E-state index in [4.69, 9.17) is 0 Å². The van der Waals surface area contributed by atoms with Crippen LogP contribution in [0.5, 0.6) is 0 Å². The summed E-state index contributed by atoms with van der Waals surface area (Å²) in [5.74, 6) is 1.45. The van der Waals surface area contributed by atoms with Gasteiger partial charge in [-0.05, 0) is 84.1 Å². The number of rotatable bonds is 5. The van der Waals surface area contributed by atoms with Crippen LogP contribution >= 0.6 is 15.9 Å². The van der Waals surface area contributed by atoms with Crippen molar-refractivity contribution in [3.8, 4) is 0 Å². The second-order valence-electron chi connectivity index (χ2n) is 5.73. The van der Waals surface area contributed by atoms with Crippen molar-refractivity contribution in [2.45, 2.75) is 38.1 Å². The first-order valence-electron chi connectivity index (χ1n) is 6.89. The first kappa shape index (κ1) is 12.6. The third kappa shape index (κ3) is 2.94. The molecule has 0 radical (unpaired) electrons. The lowest BCUT2D eigenvalue weighted by atomic mass is 9.70. The first-order chi connectivity index (χ1) is 8.72. The fourth-order valence-electron chi connectivity index (χ4n) is 2.75. The maximum absolute atomic E-state index is 13.2. The minimum absolute atomic E-state index is 0.167. The van der Waals surface area contributed by atoms with Gasteiger partial charge in [-0.1, -0.05) is 6.07 Å². The molecule has 2 aliphatic carbocycles. The van der Waals surface area contributed by atoms with Crippen molar-refractivity contribution < 1.29 is 4.39 Å². The minimum atomic E-state index is -0.167. The quantitative estimate of drug-likeness (QED) is 0.869. The van der Waals surface area contributed by atoms with Crippen molar-refractivity contribution >= 4 is 15.9 Å². The van der Waals surface area contributed by atoms with Crippen LogP contribution in [0.1, 0.15) is 31.2 Å². The van der Waals surface area contributed by atoms with Crippen LogP contribution in [-0.2, 0) is 6.42 Å². The fraction of sp³-hybridized carbons (Fsp3) is 0.600. The van der Waals surface area contributed by atoms with E-state index in [-0.39, 0.29) is 5.82 Å². The number of halogens is 2. The maximum atomic E-state index is 13.2. The lowest BCUT2D eigenvalue weighted by molar-refractivity contribution is 0.170. The van der Waals surface area contributed by atoms with Crippen molar-refractivity contribution in [3.63, 3.8) is 0 Å². The molecule has 1 aromatic rings. The Balaban J connectivity index is 1.53. The van der Waals surface area contributed by atoms with Crippen LogP contribution in [0.3, 0.4) is 0 Å². The van der Waals surface area contributed by atoms with Gasteiger partial charge < -0.3 is 5.32 Å². The number of hydrogen-bond donors (Lipinski definition) is 1. The number of hydrogen-bond acceptors (Lipinski definition) is 1. The predicted octanol–water partition coefficient (Wildman–Crippen LogP) is 3.91. The smallest absolute Gasteiger partial charge is 0.137 e. The van der Waals surface area contributed by atoms with Gasteiger partial charge in [0.1, 0.15) is 5.82 Å². The van der Waals surface area contributed by atoms with Gasteiger partial charge in [-0.25, -0.2) is 4.39 Å². The molecule has 1 nitrogen and oxygen atoms in total. The summed E-state index contributed by atoms with van der Waals surface area (Å²) in [4.78, 5) is 0. The van der Waals surface area contributed by atoms with E-state index in [0.717, 1.165) is 24.3 Å². The molecule has 2 aliphatic rings. The number of benzene rings is 1.